The number of halogens is 4. The van der Waals surface area contributed by atoms with Crippen LogP contribution in [-0.2, 0) is 6.54 Å². The molecule has 1 aromatic heterocycles. The number of nitrogens with zero attached hydrogens (tertiary/aromatic N) is 1. The predicted octanol–water partition coefficient (Wildman–Crippen LogP) is 4.25. The molecule has 0 spiro atoms. The van der Waals surface area contributed by atoms with Crippen molar-refractivity contribution in [1.29, 1.82) is 0 Å². The highest BCUT2D eigenvalue weighted by molar-refractivity contribution is 6.31. The van der Waals surface area contributed by atoms with E-state index in [4.69, 9.17) is 11.6 Å². The van der Waals surface area contributed by atoms with Crippen LogP contribution in [0.1, 0.15) is 6.42 Å². The minimum atomic E-state index is -4.13. The second-order valence-electron chi connectivity index (χ2n) is 3.58. The third kappa shape index (κ3) is 2.50. The fourth-order valence-electron chi connectivity index (χ4n) is 1.60. The quantitative estimate of drug-likeness (QED) is 0.748. The summed E-state index contributed by atoms with van der Waals surface area (Å²) < 4.78 is 37.8. The van der Waals surface area contributed by atoms with Gasteiger partial charge in [-0.1, -0.05) is 17.7 Å². The molecule has 0 aliphatic heterocycles. The molecule has 0 radical (unpaired) electrons. The lowest BCUT2D eigenvalue weighted by molar-refractivity contribution is -0.136. The molecule has 0 aliphatic carbocycles. The Morgan fingerprint density at radius 2 is 1.94 bits per heavy atom. The largest absolute Gasteiger partial charge is 0.390 e. The summed E-state index contributed by atoms with van der Waals surface area (Å²) in [6.45, 7) is -0.0760. The number of alkyl halides is 3. The zero-order valence-electron chi connectivity index (χ0n) is 8.26. The molecule has 0 atom stereocenters. The Hall–Kier alpha value is -1.16. The molecule has 0 N–H and O–H groups in total. The highest BCUT2D eigenvalue weighted by Crippen LogP contribution is 2.24. The predicted molar refractivity (Wildman–Crippen MR) is 57.6 cm³/mol. The van der Waals surface area contributed by atoms with Crippen molar-refractivity contribution in [1.82, 2.24) is 4.57 Å². The van der Waals surface area contributed by atoms with E-state index in [0.717, 1.165) is 10.9 Å². The van der Waals surface area contributed by atoms with Gasteiger partial charge in [-0.25, -0.2) is 0 Å². The molecule has 0 unspecified atom stereocenters. The highest BCUT2D eigenvalue weighted by Gasteiger charge is 2.26. The van der Waals surface area contributed by atoms with Gasteiger partial charge in [0.15, 0.2) is 0 Å². The minimum absolute atomic E-state index is 0.0760. The van der Waals surface area contributed by atoms with Crippen LogP contribution in [0.3, 0.4) is 0 Å². The van der Waals surface area contributed by atoms with E-state index in [1.165, 1.54) is 0 Å². The molecule has 0 saturated carbocycles. The van der Waals surface area contributed by atoms with E-state index in [2.05, 4.69) is 0 Å². The Kier molecular flexibility index (Phi) is 2.84. The highest BCUT2D eigenvalue weighted by atomic mass is 35.5. The van der Waals surface area contributed by atoms with Gasteiger partial charge in [-0.15, -0.1) is 0 Å². The molecule has 2 aromatic rings. The SMILES string of the molecule is FC(F)(F)CCn1ccc2ccc(Cl)cc21. The van der Waals surface area contributed by atoms with Gasteiger partial charge in [-0.3, -0.25) is 0 Å². The van der Waals surface area contributed by atoms with Gasteiger partial charge >= 0.3 is 6.18 Å². The molecule has 0 aliphatic rings. The molecule has 0 saturated heterocycles. The summed E-state index contributed by atoms with van der Waals surface area (Å²) in [7, 11) is 0. The Labute approximate surface area is 95.4 Å². The van der Waals surface area contributed by atoms with Crippen LogP contribution >= 0.6 is 11.6 Å². The van der Waals surface area contributed by atoms with Crippen molar-refractivity contribution in [3.63, 3.8) is 0 Å². The smallest absolute Gasteiger partial charge is 0.347 e. The molecule has 5 heteroatoms. The normalized spacial score (nSPS) is 12.2. The minimum Gasteiger partial charge on any atom is -0.347 e. The van der Waals surface area contributed by atoms with Crippen LogP contribution in [0, 0.1) is 0 Å². The number of aryl methyl sites for hydroxylation is 1. The van der Waals surface area contributed by atoms with Gasteiger partial charge in [0.05, 0.1) is 6.42 Å². The summed E-state index contributed by atoms with van der Waals surface area (Å²) in [4.78, 5) is 0. The van der Waals surface area contributed by atoms with Crippen LogP contribution < -0.4 is 0 Å². The van der Waals surface area contributed by atoms with E-state index in [9.17, 15) is 13.2 Å². The number of rotatable bonds is 2. The first-order valence-electron chi connectivity index (χ1n) is 4.77. The number of fused-ring (bicyclic) bond motifs is 1. The third-order valence-electron chi connectivity index (χ3n) is 2.37. The van der Waals surface area contributed by atoms with E-state index < -0.39 is 12.6 Å². The maximum atomic E-state index is 12.1. The average molecular weight is 248 g/mol. The summed E-state index contributed by atoms with van der Waals surface area (Å²) >= 11 is 5.80. The first kappa shape index (κ1) is 11.3. The monoisotopic (exact) mass is 247 g/mol. The van der Waals surface area contributed by atoms with Crippen molar-refractivity contribution in [2.24, 2.45) is 0 Å². The number of hydrogen-bond donors (Lipinski definition) is 0. The molecule has 16 heavy (non-hydrogen) atoms. The van der Waals surface area contributed by atoms with Crippen molar-refractivity contribution in [2.45, 2.75) is 19.1 Å². The van der Waals surface area contributed by atoms with Crippen LogP contribution in [-0.4, -0.2) is 10.7 Å². The first-order chi connectivity index (χ1) is 7.46. The van der Waals surface area contributed by atoms with Crippen molar-refractivity contribution in [3.05, 3.63) is 35.5 Å². The summed E-state index contributed by atoms with van der Waals surface area (Å²) in [6.07, 6.45) is -3.31. The van der Waals surface area contributed by atoms with Crippen molar-refractivity contribution in [3.8, 4) is 0 Å². The second kappa shape index (κ2) is 4.01. The molecule has 2 rings (SSSR count). The topological polar surface area (TPSA) is 4.93 Å². The number of benzene rings is 1. The summed E-state index contributed by atoms with van der Waals surface area (Å²) in [5.74, 6) is 0. The van der Waals surface area contributed by atoms with Crippen LogP contribution in [0.2, 0.25) is 5.02 Å². The summed E-state index contributed by atoms with van der Waals surface area (Å²) in [5.41, 5.74) is 0.733. The van der Waals surface area contributed by atoms with E-state index in [1.807, 2.05) is 0 Å². The van der Waals surface area contributed by atoms with Gasteiger partial charge in [-0.05, 0) is 23.6 Å². The van der Waals surface area contributed by atoms with Crippen molar-refractivity contribution < 1.29 is 13.2 Å². The maximum absolute atomic E-state index is 12.1. The van der Waals surface area contributed by atoms with E-state index in [-0.39, 0.29) is 6.54 Å². The Balaban J connectivity index is 2.28. The van der Waals surface area contributed by atoms with E-state index >= 15 is 0 Å². The van der Waals surface area contributed by atoms with Crippen molar-refractivity contribution >= 4 is 22.5 Å². The Bertz CT molecular complexity index is 501. The first-order valence-corrected chi connectivity index (χ1v) is 5.15. The molecule has 0 fully saturated rings. The third-order valence-corrected chi connectivity index (χ3v) is 2.61. The van der Waals surface area contributed by atoms with Crippen LogP contribution in [0.5, 0.6) is 0 Å². The molecule has 1 aromatic carbocycles. The molecule has 0 bridgehead atoms. The maximum Gasteiger partial charge on any atom is 0.390 e. The lowest BCUT2D eigenvalue weighted by atomic mass is 10.2. The number of hydrogen-bond acceptors (Lipinski definition) is 0. The zero-order valence-corrected chi connectivity index (χ0v) is 9.02. The zero-order chi connectivity index (χ0) is 11.8. The molecule has 1 nitrogen and oxygen atoms in total. The van der Waals surface area contributed by atoms with Gasteiger partial charge in [0.2, 0.25) is 0 Å². The van der Waals surface area contributed by atoms with E-state index in [1.54, 1.807) is 35.0 Å². The summed E-state index contributed by atoms with van der Waals surface area (Å²) in [6, 6.07) is 6.97. The second-order valence-corrected chi connectivity index (χ2v) is 4.01. The van der Waals surface area contributed by atoms with Gasteiger partial charge in [0.25, 0.3) is 0 Å². The van der Waals surface area contributed by atoms with Crippen molar-refractivity contribution in [2.75, 3.05) is 0 Å². The van der Waals surface area contributed by atoms with Crippen LogP contribution in [0.4, 0.5) is 13.2 Å². The Morgan fingerprint density at radius 1 is 1.19 bits per heavy atom. The van der Waals surface area contributed by atoms with Gasteiger partial charge < -0.3 is 4.57 Å². The van der Waals surface area contributed by atoms with Gasteiger partial charge in [-0.2, -0.15) is 13.2 Å². The average Bonchev–Trinajstić information content (AvgIpc) is 2.56. The Morgan fingerprint density at radius 3 is 2.62 bits per heavy atom. The standard InChI is InChI=1S/C11H9ClF3N/c12-9-2-1-8-3-5-16(10(8)7-9)6-4-11(13,14)15/h1-3,5,7H,4,6H2. The summed E-state index contributed by atoms with van der Waals surface area (Å²) in [5, 5.41) is 1.42. The molecule has 0 amide bonds. The fraction of sp³-hybridized carbons (Fsp3) is 0.273. The number of aromatic nitrogens is 1. The molecule has 1 heterocycles. The van der Waals surface area contributed by atoms with Crippen LogP contribution in [0.25, 0.3) is 10.9 Å². The lowest BCUT2D eigenvalue weighted by Gasteiger charge is -2.08. The van der Waals surface area contributed by atoms with Gasteiger partial charge in [0, 0.05) is 23.3 Å². The molecule has 86 valence electrons. The molecular formula is C11H9ClF3N. The van der Waals surface area contributed by atoms with Crippen LogP contribution in [0.15, 0.2) is 30.5 Å². The fourth-order valence-corrected chi connectivity index (χ4v) is 1.77. The lowest BCUT2D eigenvalue weighted by Crippen LogP contribution is -2.11. The molecular weight excluding hydrogens is 239 g/mol. The van der Waals surface area contributed by atoms with Gasteiger partial charge in [0.1, 0.15) is 0 Å². The van der Waals surface area contributed by atoms with E-state index in [0.29, 0.717) is 5.02 Å².